The highest BCUT2D eigenvalue weighted by molar-refractivity contribution is 5.98. The van der Waals surface area contributed by atoms with Crippen molar-refractivity contribution in [2.24, 2.45) is 0 Å². The number of rotatable bonds is 6. The van der Waals surface area contributed by atoms with Crippen molar-refractivity contribution in [2.75, 3.05) is 6.61 Å². The Morgan fingerprint density at radius 1 is 0.850 bits per heavy atom. The van der Waals surface area contributed by atoms with Crippen LogP contribution in [-0.2, 0) is 4.43 Å². The summed E-state index contributed by atoms with van der Waals surface area (Å²) >= 11 is 0. The minimum Gasteiger partial charge on any atom is -0.484 e. The van der Waals surface area contributed by atoms with Gasteiger partial charge in [-0.15, -0.1) is 0 Å². The van der Waals surface area contributed by atoms with Crippen LogP contribution in [0, 0.1) is 29.1 Å². The van der Waals surface area contributed by atoms with Crippen LogP contribution in [0.15, 0.2) is 0 Å². The van der Waals surface area contributed by atoms with Gasteiger partial charge in [0.05, 0.1) is 5.60 Å². The van der Waals surface area contributed by atoms with Gasteiger partial charge in [0.1, 0.15) is 17.1 Å². The van der Waals surface area contributed by atoms with Gasteiger partial charge in [0.25, 0.3) is 0 Å². The van der Waals surface area contributed by atoms with E-state index < -0.39 is 40.4 Å². The van der Waals surface area contributed by atoms with E-state index in [1.807, 2.05) is 0 Å². The first kappa shape index (κ1) is 16.9. The molecule has 0 fully saturated rings. The molecule has 0 spiro atoms. The van der Waals surface area contributed by atoms with Crippen molar-refractivity contribution in [3.63, 3.8) is 0 Å². The van der Waals surface area contributed by atoms with Crippen molar-refractivity contribution in [1.29, 1.82) is 0 Å². The second-order valence-electron chi connectivity index (χ2n) is 4.28. The van der Waals surface area contributed by atoms with Gasteiger partial charge in [-0.05, 0) is 12.8 Å². The number of benzene rings is 1. The van der Waals surface area contributed by atoms with Crippen LogP contribution in [0.25, 0.3) is 0 Å². The fourth-order valence-electron chi connectivity index (χ4n) is 1.72. The highest BCUT2D eigenvalue weighted by Crippen LogP contribution is 2.30. The maximum absolute atomic E-state index is 13.4. The standard InChI is InChI=1S/C12H15F5O2Si/c1-3-12(4-2,19-20)5-18-11-9(16)7(14)6(13)8(15)10(11)17/h3-5H2,1-2,20H3. The van der Waals surface area contributed by atoms with Crippen molar-refractivity contribution in [3.8, 4) is 5.75 Å². The molecule has 20 heavy (non-hydrogen) atoms. The molecular formula is C12H15F5O2Si. The molecule has 0 aliphatic heterocycles. The predicted molar refractivity (Wildman–Crippen MR) is 66.1 cm³/mol. The molecule has 1 aromatic carbocycles. The summed E-state index contributed by atoms with van der Waals surface area (Å²) in [7, 11) is 0.358. The first-order valence-electron chi connectivity index (χ1n) is 6.02. The van der Waals surface area contributed by atoms with Gasteiger partial charge in [0, 0.05) is 0 Å². The summed E-state index contributed by atoms with van der Waals surface area (Å²) in [5, 5.41) is 0. The maximum Gasteiger partial charge on any atom is 0.206 e. The minimum atomic E-state index is -2.20. The number of hydrogen-bond donors (Lipinski definition) is 0. The van der Waals surface area contributed by atoms with Crippen molar-refractivity contribution in [2.45, 2.75) is 32.3 Å². The lowest BCUT2D eigenvalue weighted by atomic mass is 9.99. The van der Waals surface area contributed by atoms with Crippen molar-refractivity contribution >= 4 is 10.5 Å². The van der Waals surface area contributed by atoms with Gasteiger partial charge in [-0.2, -0.15) is 8.78 Å². The molecule has 0 saturated heterocycles. The molecule has 1 aromatic rings. The summed E-state index contributed by atoms with van der Waals surface area (Å²) in [5.74, 6) is -11.5. The van der Waals surface area contributed by atoms with E-state index in [1.54, 1.807) is 13.8 Å². The van der Waals surface area contributed by atoms with E-state index in [4.69, 9.17) is 9.16 Å². The molecule has 0 amide bonds. The lowest BCUT2D eigenvalue weighted by Crippen LogP contribution is -2.37. The molecule has 1 rings (SSSR count). The average Bonchev–Trinajstić information content (AvgIpc) is 2.47. The molecule has 0 aliphatic carbocycles. The highest BCUT2D eigenvalue weighted by Gasteiger charge is 2.31. The maximum atomic E-state index is 13.4. The summed E-state index contributed by atoms with van der Waals surface area (Å²) in [6.07, 6.45) is 0.977. The lowest BCUT2D eigenvalue weighted by Gasteiger charge is -2.30. The van der Waals surface area contributed by atoms with Crippen LogP contribution in [0.3, 0.4) is 0 Å². The quantitative estimate of drug-likeness (QED) is 0.348. The third-order valence-corrected chi connectivity index (χ3v) is 4.24. The molecule has 114 valence electrons. The van der Waals surface area contributed by atoms with E-state index in [0.717, 1.165) is 0 Å². The second kappa shape index (κ2) is 6.53. The van der Waals surface area contributed by atoms with Gasteiger partial charge in [0.2, 0.25) is 29.1 Å². The van der Waals surface area contributed by atoms with Crippen LogP contribution >= 0.6 is 0 Å². The third-order valence-electron chi connectivity index (χ3n) is 3.37. The van der Waals surface area contributed by atoms with Gasteiger partial charge in [0.15, 0.2) is 5.75 Å². The Kier molecular flexibility index (Phi) is 5.52. The van der Waals surface area contributed by atoms with Crippen LogP contribution in [0.1, 0.15) is 26.7 Å². The lowest BCUT2D eigenvalue weighted by molar-refractivity contribution is 0.0162. The molecule has 0 bridgehead atoms. The monoisotopic (exact) mass is 314 g/mol. The topological polar surface area (TPSA) is 18.5 Å². The van der Waals surface area contributed by atoms with E-state index >= 15 is 0 Å². The Labute approximate surface area is 116 Å². The van der Waals surface area contributed by atoms with Gasteiger partial charge < -0.3 is 9.16 Å². The van der Waals surface area contributed by atoms with Crippen LogP contribution in [-0.4, -0.2) is 22.7 Å². The van der Waals surface area contributed by atoms with E-state index in [1.165, 1.54) is 0 Å². The Balaban J connectivity index is 3.11. The smallest absolute Gasteiger partial charge is 0.206 e. The molecular weight excluding hydrogens is 299 g/mol. The Morgan fingerprint density at radius 2 is 1.25 bits per heavy atom. The number of ether oxygens (including phenoxy) is 1. The average molecular weight is 314 g/mol. The zero-order valence-corrected chi connectivity index (χ0v) is 13.3. The molecule has 0 aromatic heterocycles. The third kappa shape index (κ3) is 2.95. The van der Waals surface area contributed by atoms with E-state index in [2.05, 4.69) is 0 Å². The molecule has 0 unspecified atom stereocenters. The van der Waals surface area contributed by atoms with Crippen LogP contribution in [0.2, 0.25) is 0 Å². The van der Waals surface area contributed by atoms with Crippen LogP contribution in [0.4, 0.5) is 22.0 Å². The fraction of sp³-hybridized carbons (Fsp3) is 0.500. The zero-order chi connectivity index (χ0) is 15.5. The number of hydrogen-bond acceptors (Lipinski definition) is 2. The minimum absolute atomic E-state index is 0.290. The Hall–Kier alpha value is -1.15. The van der Waals surface area contributed by atoms with Crippen LogP contribution < -0.4 is 4.74 Å². The van der Waals surface area contributed by atoms with E-state index in [-0.39, 0.29) is 6.61 Å². The zero-order valence-electron chi connectivity index (χ0n) is 11.3. The molecule has 0 saturated carbocycles. The Morgan fingerprint density at radius 3 is 1.60 bits per heavy atom. The first-order chi connectivity index (χ1) is 9.33. The van der Waals surface area contributed by atoms with E-state index in [9.17, 15) is 22.0 Å². The molecule has 0 N–H and O–H groups in total. The molecule has 0 aliphatic rings. The van der Waals surface area contributed by atoms with Gasteiger partial charge in [-0.25, -0.2) is 13.2 Å². The summed E-state index contributed by atoms with van der Waals surface area (Å²) in [4.78, 5) is 0. The second-order valence-corrected chi connectivity index (χ2v) is 4.69. The summed E-state index contributed by atoms with van der Waals surface area (Å²) in [5.41, 5.74) is -0.785. The largest absolute Gasteiger partial charge is 0.484 e. The van der Waals surface area contributed by atoms with Gasteiger partial charge in [-0.1, -0.05) is 13.8 Å². The van der Waals surface area contributed by atoms with Gasteiger partial charge >= 0.3 is 0 Å². The first-order valence-corrected chi connectivity index (χ1v) is 6.84. The molecule has 2 nitrogen and oxygen atoms in total. The predicted octanol–water partition coefficient (Wildman–Crippen LogP) is 2.62. The highest BCUT2D eigenvalue weighted by atomic mass is 28.2. The fourth-order valence-corrected chi connectivity index (χ4v) is 2.41. The Bertz CT molecular complexity index is 454. The SMILES string of the molecule is CCC(CC)(COc1c(F)c(F)c(F)c(F)c1F)O[SiH3]. The molecule has 0 radical (unpaired) electrons. The van der Waals surface area contributed by atoms with Gasteiger partial charge in [-0.3, -0.25) is 0 Å². The molecule has 8 heteroatoms. The summed E-state index contributed by atoms with van der Waals surface area (Å²) in [6.45, 7) is 3.27. The van der Waals surface area contributed by atoms with Crippen molar-refractivity contribution in [1.82, 2.24) is 0 Å². The number of halogens is 5. The van der Waals surface area contributed by atoms with E-state index in [0.29, 0.717) is 23.3 Å². The van der Waals surface area contributed by atoms with Crippen molar-refractivity contribution < 1.29 is 31.1 Å². The van der Waals surface area contributed by atoms with Crippen LogP contribution in [0.5, 0.6) is 5.75 Å². The van der Waals surface area contributed by atoms with Crippen molar-refractivity contribution in [3.05, 3.63) is 29.1 Å². The molecule has 0 atom stereocenters. The normalized spacial score (nSPS) is 11.9. The summed E-state index contributed by atoms with van der Waals surface area (Å²) < 4.78 is 75.8. The molecule has 0 heterocycles. The summed E-state index contributed by atoms with van der Waals surface area (Å²) in [6, 6.07) is 0.